The van der Waals surface area contributed by atoms with E-state index in [0.717, 1.165) is 36.0 Å². The van der Waals surface area contributed by atoms with Crippen molar-refractivity contribution in [2.24, 2.45) is 0 Å². The zero-order chi connectivity index (χ0) is 20.2. The fourth-order valence-corrected chi connectivity index (χ4v) is 3.74. The molecule has 1 aliphatic heterocycles. The predicted octanol–water partition coefficient (Wildman–Crippen LogP) is 2.97. The normalized spacial score (nSPS) is 14.0. The Kier molecular flexibility index (Phi) is 5.55. The highest BCUT2D eigenvalue weighted by Gasteiger charge is 2.19. The molecule has 0 spiro atoms. The molecule has 6 nitrogen and oxygen atoms in total. The zero-order valence-electron chi connectivity index (χ0n) is 16.1. The third-order valence-corrected chi connectivity index (χ3v) is 5.20. The number of halogens is 1. The van der Waals surface area contributed by atoms with Gasteiger partial charge >= 0.3 is 0 Å². The summed E-state index contributed by atoms with van der Waals surface area (Å²) >= 11 is 0. The smallest absolute Gasteiger partial charge is 0.240 e. The van der Waals surface area contributed by atoms with Gasteiger partial charge in [-0.2, -0.15) is 0 Å². The number of hydrogen-bond donors (Lipinski definition) is 1. The van der Waals surface area contributed by atoms with E-state index in [1.54, 1.807) is 18.3 Å². The first kappa shape index (κ1) is 19.1. The Balaban J connectivity index is 1.45. The second kappa shape index (κ2) is 8.43. The van der Waals surface area contributed by atoms with E-state index < -0.39 is 0 Å². The van der Waals surface area contributed by atoms with Crippen molar-refractivity contribution < 1.29 is 14.0 Å². The number of carbonyl (C=O) groups is 2. The minimum atomic E-state index is -0.302. The van der Waals surface area contributed by atoms with Crippen LogP contribution in [0.15, 0.2) is 48.7 Å². The summed E-state index contributed by atoms with van der Waals surface area (Å²) < 4.78 is 15.2. The summed E-state index contributed by atoms with van der Waals surface area (Å²) in [6, 6.07) is 12.0. The molecule has 2 amide bonds. The van der Waals surface area contributed by atoms with E-state index >= 15 is 0 Å². The van der Waals surface area contributed by atoms with Gasteiger partial charge in [0.05, 0.1) is 5.69 Å². The lowest BCUT2D eigenvalue weighted by Gasteiger charge is -2.15. The molecule has 0 bridgehead atoms. The average Bonchev–Trinajstić information content (AvgIpc) is 3.30. The number of likely N-dealkylation sites (tertiary alicyclic amines) is 1. The molecule has 1 aliphatic rings. The molecule has 3 aromatic rings. The fraction of sp³-hybridized carbons (Fsp3) is 0.318. The Hall–Kier alpha value is -3.22. The Morgan fingerprint density at radius 2 is 2.03 bits per heavy atom. The highest BCUT2D eigenvalue weighted by Crippen LogP contribution is 2.27. The van der Waals surface area contributed by atoms with Gasteiger partial charge in [0.15, 0.2) is 0 Å². The first-order valence-corrected chi connectivity index (χ1v) is 9.86. The number of nitrogens with one attached hydrogen (secondary N) is 1. The molecule has 0 radical (unpaired) electrons. The number of benzene rings is 1. The van der Waals surface area contributed by atoms with Gasteiger partial charge in [0, 0.05) is 37.6 Å². The van der Waals surface area contributed by atoms with Crippen LogP contribution < -0.4 is 5.32 Å². The first-order chi connectivity index (χ1) is 14.1. The molecule has 1 saturated heterocycles. The maximum atomic E-state index is 13.3. The van der Waals surface area contributed by atoms with Gasteiger partial charge in [0.25, 0.3) is 0 Å². The third-order valence-electron chi connectivity index (χ3n) is 5.20. The number of fused-ring (bicyclic) bond motifs is 1. The van der Waals surface area contributed by atoms with Gasteiger partial charge in [-0.15, -0.1) is 0 Å². The fourth-order valence-electron chi connectivity index (χ4n) is 3.74. The van der Waals surface area contributed by atoms with Gasteiger partial charge in [-0.25, -0.2) is 9.37 Å². The standard InChI is InChI=1S/C22H23FN4O2/c23-18-8-6-16(7-9-18)19-14-17-4-1-10-25-22(17)27(19)15-20(28)24-11-3-13-26-12-2-5-21(26)29/h1,4,6-10,14H,2-3,5,11-13,15H2,(H,24,28). The van der Waals surface area contributed by atoms with Crippen molar-refractivity contribution in [3.63, 3.8) is 0 Å². The van der Waals surface area contributed by atoms with Crippen LogP contribution in [0.2, 0.25) is 0 Å². The minimum Gasteiger partial charge on any atom is -0.354 e. The number of hydrogen-bond acceptors (Lipinski definition) is 3. The van der Waals surface area contributed by atoms with Crippen LogP contribution in [-0.2, 0) is 16.1 Å². The molecule has 3 heterocycles. The molecule has 0 atom stereocenters. The minimum absolute atomic E-state index is 0.121. The van der Waals surface area contributed by atoms with Crippen molar-refractivity contribution >= 4 is 22.8 Å². The monoisotopic (exact) mass is 394 g/mol. The summed E-state index contributed by atoms with van der Waals surface area (Å²) in [5.41, 5.74) is 2.35. The average molecular weight is 394 g/mol. The van der Waals surface area contributed by atoms with E-state index in [4.69, 9.17) is 0 Å². The lowest BCUT2D eigenvalue weighted by Crippen LogP contribution is -2.32. The van der Waals surface area contributed by atoms with Gasteiger partial charge in [-0.3, -0.25) is 9.59 Å². The second-order valence-electron chi connectivity index (χ2n) is 7.23. The molecule has 1 N–H and O–H groups in total. The molecule has 4 rings (SSSR count). The molecular formula is C22H23FN4O2. The van der Waals surface area contributed by atoms with E-state index in [-0.39, 0.29) is 24.2 Å². The van der Waals surface area contributed by atoms with Crippen LogP contribution in [0.4, 0.5) is 4.39 Å². The van der Waals surface area contributed by atoms with Crippen molar-refractivity contribution in [2.75, 3.05) is 19.6 Å². The number of carbonyl (C=O) groups excluding carboxylic acids is 2. The number of rotatable bonds is 7. The molecule has 0 saturated carbocycles. The van der Waals surface area contributed by atoms with Crippen molar-refractivity contribution in [1.82, 2.24) is 19.8 Å². The van der Waals surface area contributed by atoms with Gasteiger partial charge < -0.3 is 14.8 Å². The van der Waals surface area contributed by atoms with E-state index in [2.05, 4.69) is 10.3 Å². The van der Waals surface area contributed by atoms with Crippen LogP contribution in [0.25, 0.3) is 22.3 Å². The first-order valence-electron chi connectivity index (χ1n) is 9.86. The quantitative estimate of drug-likeness (QED) is 0.627. The summed E-state index contributed by atoms with van der Waals surface area (Å²) in [6.07, 6.45) is 3.97. The van der Waals surface area contributed by atoms with E-state index in [1.807, 2.05) is 27.7 Å². The topological polar surface area (TPSA) is 67.2 Å². The van der Waals surface area contributed by atoms with Gasteiger partial charge in [-0.1, -0.05) is 0 Å². The van der Waals surface area contributed by atoms with Crippen molar-refractivity contribution in [2.45, 2.75) is 25.8 Å². The van der Waals surface area contributed by atoms with Crippen LogP contribution in [0, 0.1) is 5.82 Å². The van der Waals surface area contributed by atoms with E-state index in [1.165, 1.54) is 12.1 Å². The van der Waals surface area contributed by atoms with Crippen molar-refractivity contribution in [3.05, 3.63) is 54.5 Å². The van der Waals surface area contributed by atoms with Crippen molar-refractivity contribution in [3.8, 4) is 11.3 Å². The maximum absolute atomic E-state index is 13.3. The lowest BCUT2D eigenvalue weighted by molar-refractivity contribution is -0.127. The summed E-state index contributed by atoms with van der Waals surface area (Å²) in [4.78, 5) is 30.5. The lowest BCUT2D eigenvalue weighted by atomic mass is 10.1. The van der Waals surface area contributed by atoms with E-state index in [0.29, 0.717) is 25.2 Å². The summed E-state index contributed by atoms with van der Waals surface area (Å²) in [5, 5.41) is 3.85. The Morgan fingerprint density at radius 3 is 2.79 bits per heavy atom. The molecule has 29 heavy (non-hydrogen) atoms. The molecule has 150 valence electrons. The largest absolute Gasteiger partial charge is 0.354 e. The molecule has 0 unspecified atom stereocenters. The predicted molar refractivity (Wildman–Crippen MR) is 109 cm³/mol. The maximum Gasteiger partial charge on any atom is 0.240 e. The zero-order valence-corrected chi connectivity index (χ0v) is 16.1. The molecule has 1 aromatic carbocycles. The van der Waals surface area contributed by atoms with E-state index in [9.17, 15) is 14.0 Å². The summed E-state index contributed by atoms with van der Waals surface area (Å²) in [5.74, 6) is -0.224. The molecule has 0 aliphatic carbocycles. The number of nitrogens with zero attached hydrogens (tertiary/aromatic N) is 3. The van der Waals surface area contributed by atoms with Gasteiger partial charge in [0.2, 0.25) is 11.8 Å². The van der Waals surface area contributed by atoms with Crippen LogP contribution in [0.3, 0.4) is 0 Å². The molecular weight excluding hydrogens is 371 g/mol. The van der Waals surface area contributed by atoms with Crippen LogP contribution in [0.1, 0.15) is 19.3 Å². The second-order valence-corrected chi connectivity index (χ2v) is 7.23. The highest BCUT2D eigenvalue weighted by molar-refractivity contribution is 5.87. The van der Waals surface area contributed by atoms with Crippen molar-refractivity contribution in [1.29, 1.82) is 0 Å². The highest BCUT2D eigenvalue weighted by atomic mass is 19.1. The third kappa shape index (κ3) is 4.29. The molecule has 7 heteroatoms. The number of pyridine rings is 1. The van der Waals surface area contributed by atoms with Gasteiger partial charge in [0.1, 0.15) is 18.0 Å². The summed E-state index contributed by atoms with van der Waals surface area (Å²) in [6.45, 7) is 2.12. The van der Waals surface area contributed by atoms with Gasteiger partial charge in [-0.05, 0) is 60.9 Å². The molecule has 1 fully saturated rings. The van der Waals surface area contributed by atoms with Crippen LogP contribution >= 0.6 is 0 Å². The Bertz CT molecular complexity index is 1030. The Labute approximate surface area is 168 Å². The molecule has 2 aromatic heterocycles. The number of aromatic nitrogens is 2. The Morgan fingerprint density at radius 1 is 1.21 bits per heavy atom. The summed E-state index contributed by atoms with van der Waals surface area (Å²) in [7, 11) is 0. The van der Waals surface area contributed by atoms with Crippen LogP contribution in [-0.4, -0.2) is 45.9 Å². The van der Waals surface area contributed by atoms with Crippen LogP contribution in [0.5, 0.6) is 0 Å². The number of amides is 2. The SMILES string of the molecule is O=C(Cn1c(-c2ccc(F)cc2)cc2cccnc21)NCCCN1CCCC1=O.